The summed E-state index contributed by atoms with van der Waals surface area (Å²) in [5.74, 6) is 0.0766. The quantitative estimate of drug-likeness (QED) is 0.565. The number of aryl methyl sites for hydroxylation is 1. The third-order valence-electron chi connectivity index (χ3n) is 4.11. The van der Waals surface area contributed by atoms with Gasteiger partial charge in [-0.05, 0) is 47.7 Å². The molecule has 3 aromatic carbocycles. The molecule has 0 unspecified atom stereocenters. The SMILES string of the molecule is CCc1cccc(N(C)C(N)=Nc2cccc3ccc(F)cc23)c1. The summed E-state index contributed by atoms with van der Waals surface area (Å²) in [5.41, 5.74) is 9.05. The highest BCUT2D eigenvalue weighted by atomic mass is 19.1. The Morgan fingerprint density at radius 2 is 1.88 bits per heavy atom. The summed E-state index contributed by atoms with van der Waals surface area (Å²) in [7, 11) is 1.87. The van der Waals surface area contributed by atoms with E-state index in [4.69, 9.17) is 5.73 Å². The second-order valence-electron chi connectivity index (χ2n) is 5.70. The topological polar surface area (TPSA) is 41.6 Å². The Kier molecular flexibility index (Phi) is 4.47. The lowest BCUT2D eigenvalue weighted by molar-refractivity contribution is 0.630. The van der Waals surface area contributed by atoms with E-state index in [1.54, 1.807) is 6.07 Å². The Bertz CT molecular complexity index is 902. The zero-order valence-corrected chi connectivity index (χ0v) is 13.8. The fourth-order valence-electron chi connectivity index (χ4n) is 2.64. The summed E-state index contributed by atoms with van der Waals surface area (Å²) in [6.07, 6.45) is 0.960. The van der Waals surface area contributed by atoms with Crippen LogP contribution in [0.4, 0.5) is 15.8 Å². The lowest BCUT2D eigenvalue weighted by atomic mass is 10.1. The van der Waals surface area contributed by atoms with Crippen LogP contribution in [-0.4, -0.2) is 13.0 Å². The minimum atomic E-state index is -0.285. The monoisotopic (exact) mass is 321 g/mol. The van der Waals surface area contributed by atoms with E-state index in [1.165, 1.54) is 17.7 Å². The number of benzene rings is 3. The standard InChI is InChI=1S/C20H20FN3/c1-3-14-6-4-8-17(12-14)24(2)20(22)23-19-9-5-7-15-10-11-16(21)13-18(15)19/h4-13H,3H2,1-2H3,(H2,22,23). The fourth-order valence-corrected chi connectivity index (χ4v) is 2.64. The molecule has 4 heteroatoms. The summed E-state index contributed by atoms with van der Waals surface area (Å²) >= 11 is 0. The zero-order valence-electron chi connectivity index (χ0n) is 13.8. The summed E-state index contributed by atoms with van der Waals surface area (Å²) in [4.78, 5) is 6.34. The molecule has 0 heterocycles. The molecule has 0 aromatic heterocycles. The van der Waals surface area contributed by atoms with Crippen LogP contribution >= 0.6 is 0 Å². The third-order valence-corrected chi connectivity index (χ3v) is 4.11. The van der Waals surface area contributed by atoms with Crippen LogP contribution in [0.15, 0.2) is 65.7 Å². The second kappa shape index (κ2) is 6.71. The number of nitrogens with two attached hydrogens (primary N) is 1. The first-order valence-corrected chi connectivity index (χ1v) is 7.93. The molecule has 0 fully saturated rings. The normalized spacial score (nSPS) is 11.7. The first kappa shape index (κ1) is 16.0. The molecule has 122 valence electrons. The number of halogens is 1. The lowest BCUT2D eigenvalue weighted by Gasteiger charge is -2.19. The van der Waals surface area contributed by atoms with Crippen LogP contribution in [0.3, 0.4) is 0 Å². The Balaban J connectivity index is 2.00. The van der Waals surface area contributed by atoms with Crippen molar-refractivity contribution < 1.29 is 4.39 Å². The zero-order chi connectivity index (χ0) is 17.1. The largest absolute Gasteiger partial charge is 0.369 e. The number of anilines is 1. The maximum absolute atomic E-state index is 13.6. The number of hydrogen-bond donors (Lipinski definition) is 1. The van der Waals surface area contributed by atoms with Gasteiger partial charge in [0.25, 0.3) is 0 Å². The van der Waals surface area contributed by atoms with Gasteiger partial charge in [0, 0.05) is 18.1 Å². The van der Waals surface area contributed by atoms with Crippen LogP contribution in [0.2, 0.25) is 0 Å². The van der Waals surface area contributed by atoms with E-state index in [9.17, 15) is 4.39 Å². The van der Waals surface area contributed by atoms with Crippen molar-refractivity contribution in [2.24, 2.45) is 10.7 Å². The van der Waals surface area contributed by atoms with Gasteiger partial charge >= 0.3 is 0 Å². The van der Waals surface area contributed by atoms with Gasteiger partial charge in [-0.1, -0.05) is 37.3 Å². The van der Waals surface area contributed by atoms with Crippen molar-refractivity contribution in [2.45, 2.75) is 13.3 Å². The minimum absolute atomic E-state index is 0.285. The molecule has 0 aliphatic rings. The van der Waals surface area contributed by atoms with Gasteiger partial charge in [0.2, 0.25) is 5.96 Å². The lowest BCUT2D eigenvalue weighted by Crippen LogP contribution is -2.33. The summed E-state index contributed by atoms with van der Waals surface area (Å²) < 4.78 is 13.6. The third kappa shape index (κ3) is 3.23. The van der Waals surface area contributed by atoms with E-state index >= 15 is 0 Å². The van der Waals surface area contributed by atoms with Crippen molar-refractivity contribution >= 4 is 28.1 Å². The smallest absolute Gasteiger partial charge is 0.200 e. The van der Waals surface area contributed by atoms with E-state index in [0.29, 0.717) is 11.6 Å². The van der Waals surface area contributed by atoms with E-state index < -0.39 is 0 Å². The molecular formula is C20H20FN3. The number of hydrogen-bond acceptors (Lipinski definition) is 1. The highest BCUT2D eigenvalue weighted by Gasteiger charge is 2.08. The molecule has 0 saturated heterocycles. The molecular weight excluding hydrogens is 301 g/mol. The molecule has 0 amide bonds. The number of fused-ring (bicyclic) bond motifs is 1. The number of aliphatic imine (C=N–C) groups is 1. The van der Waals surface area contributed by atoms with E-state index in [-0.39, 0.29) is 5.82 Å². The summed E-state index contributed by atoms with van der Waals surface area (Å²) in [5, 5.41) is 1.68. The van der Waals surface area contributed by atoms with Crippen molar-refractivity contribution in [3.05, 3.63) is 72.0 Å². The van der Waals surface area contributed by atoms with Crippen molar-refractivity contribution in [1.82, 2.24) is 0 Å². The van der Waals surface area contributed by atoms with Gasteiger partial charge in [-0.3, -0.25) is 0 Å². The number of guanidine groups is 1. The predicted octanol–water partition coefficient (Wildman–Crippen LogP) is 4.62. The molecule has 0 atom stereocenters. The first-order chi connectivity index (χ1) is 11.6. The van der Waals surface area contributed by atoms with Crippen molar-refractivity contribution in [3.63, 3.8) is 0 Å². The van der Waals surface area contributed by atoms with Crippen LogP contribution in [0.1, 0.15) is 12.5 Å². The van der Waals surface area contributed by atoms with Gasteiger partial charge in [0.1, 0.15) is 5.82 Å². The van der Waals surface area contributed by atoms with Crippen LogP contribution in [0.5, 0.6) is 0 Å². The predicted molar refractivity (Wildman–Crippen MR) is 99.4 cm³/mol. The average Bonchev–Trinajstić information content (AvgIpc) is 2.61. The molecule has 3 aromatic rings. The van der Waals surface area contributed by atoms with Gasteiger partial charge < -0.3 is 10.6 Å². The average molecular weight is 321 g/mol. The van der Waals surface area contributed by atoms with Crippen LogP contribution in [-0.2, 0) is 6.42 Å². The van der Waals surface area contributed by atoms with E-state index in [1.807, 2.05) is 42.3 Å². The summed E-state index contributed by atoms with van der Waals surface area (Å²) in [6.45, 7) is 2.11. The number of rotatable bonds is 3. The first-order valence-electron chi connectivity index (χ1n) is 7.93. The Morgan fingerprint density at radius 3 is 2.67 bits per heavy atom. The molecule has 2 N–H and O–H groups in total. The molecule has 24 heavy (non-hydrogen) atoms. The van der Waals surface area contributed by atoms with Gasteiger partial charge in [-0.2, -0.15) is 0 Å². The highest BCUT2D eigenvalue weighted by molar-refractivity contribution is 6.00. The molecule has 3 rings (SSSR count). The molecule has 0 bridgehead atoms. The Labute approximate surface area is 141 Å². The molecule has 0 aliphatic carbocycles. The molecule has 0 aliphatic heterocycles. The van der Waals surface area contributed by atoms with Crippen molar-refractivity contribution in [2.75, 3.05) is 11.9 Å². The highest BCUT2D eigenvalue weighted by Crippen LogP contribution is 2.27. The van der Waals surface area contributed by atoms with Gasteiger partial charge in [-0.15, -0.1) is 0 Å². The van der Waals surface area contributed by atoms with Gasteiger partial charge in [0.05, 0.1) is 5.69 Å². The molecule has 3 nitrogen and oxygen atoms in total. The fraction of sp³-hybridized carbons (Fsp3) is 0.150. The van der Waals surface area contributed by atoms with Crippen LogP contribution in [0.25, 0.3) is 10.8 Å². The second-order valence-corrected chi connectivity index (χ2v) is 5.70. The van der Waals surface area contributed by atoms with Crippen molar-refractivity contribution in [3.8, 4) is 0 Å². The van der Waals surface area contributed by atoms with Gasteiger partial charge in [-0.25, -0.2) is 9.38 Å². The Morgan fingerprint density at radius 1 is 1.08 bits per heavy atom. The van der Waals surface area contributed by atoms with E-state index in [2.05, 4.69) is 24.0 Å². The molecule has 0 radical (unpaired) electrons. The minimum Gasteiger partial charge on any atom is -0.369 e. The van der Waals surface area contributed by atoms with Gasteiger partial charge in [0.15, 0.2) is 0 Å². The maximum Gasteiger partial charge on any atom is 0.200 e. The number of nitrogens with zero attached hydrogens (tertiary/aromatic N) is 2. The molecule has 0 saturated carbocycles. The Hall–Kier alpha value is -2.88. The van der Waals surface area contributed by atoms with Crippen LogP contribution < -0.4 is 10.6 Å². The summed E-state index contributed by atoms with van der Waals surface area (Å²) in [6, 6.07) is 18.5. The maximum atomic E-state index is 13.6. The van der Waals surface area contributed by atoms with Crippen LogP contribution in [0, 0.1) is 5.82 Å². The van der Waals surface area contributed by atoms with Crippen molar-refractivity contribution in [1.29, 1.82) is 0 Å². The van der Waals surface area contributed by atoms with E-state index in [0.717, 1.165) is 22.9 Å². The molecule has 0 spiro atoms.